The van der Waals surface area contributed by atoms with E-state index >= 15 is 0 Å². The molecule has 2 nitrogen and oxygen atoms in total. The van der Waals surface area contributed by atoms with E-state index in [1.165, 1.54) is 6.92 Å². The van der Waals surface area contributed by atoms with E-state index in [0.29, 0.717) is 11.8 Å². The average molecular weight is 341 g/mol. The molecule has 0 saturated heterocycles. The molecular weight excluding hydrogens is 330 g/mol. The quantitative estimate of drug-likeness (QED) is 0.772. The van der Waals surface area contributed by atoms with Gasteiger partial charge in [0.05, 0.1) is 5.56 Å². The van der Waals surface area contributed by atoms with Crippen LogP contribution in [-0.4, -0.2) is 11.9 Å². The normalized spacial score (nSPS) is 12.0. The predicted molar refractivity (Wildman–Crippen MR) is 74.9 cm³/mol. The highest BCUT2D eigenvalue weighted by Gasteiger charge is 2.20. The van der Waals surface area contributed by atoms with E-state index in [-0.39, 0.29) is 5.56 Å². The van der Waals surface area contributed by atoms with Crippen LogP contribution in [0.25, 0.3) is 0 Å². The molecule has 0 amide bonds. The van der Waals surface area contributed by atoms with Crippen LogP contribution in [-0.2, 0) is 0 Å². The second kappa shape index (κ2) is 6.13. The molecule has 2 aromatic rings. The topological polar surface area (TPSA) is 26.3 Å². The third-order valence-corrected chi connectivity index (χ3v) is 3.22. The molecule has 0 bridgehead atoms. The number of ether oxygens (including phenoxy) is 1. The molecule has 5 heteroatoms. The number of rotatable bonds is 4. The van der Waals surface area contributed by atoms with Gasteiger partial charge in [0.2, 0.25) is 5.78 Å². The van der Waals surface area contributed by atoms with Crippen molar-refractivity contribution < 1.29 is 18.3 Å². The van der Waals surface area contributed by atoms with Crippen LogP contribution in [0.2, 0.25) is 0 Å². The van der Waals surface area contributed by atoms with Crippen molar-refractivity contribution in [2.75, 3.05) is 0 Å². The Kier molecular flexibility index (Phi) is 4.49. The zero-order chi connectivity index (χ0) is 14.7. The fourth-order valence-electron chi connectivity index (χ4n) is 1.68. The van der Waals surface area contributed by atoms with Gasteiger partial charge in [0.25, 0.3) is 0 Å². The molecular formula is C15H11BrF2O2. The Morgan fingerprint density at radius 2 is 1.80 bits per heavy atom. The van der Waals surface area contributed by atoms with Crippen molar-refractivity contribution in [1.82, 2.24) is 0 Å². The highest BCUT2D eigenvalue weighted by Crippen LogP contribution is 2.19. The Hall–Kier alpha value is -1.75. The molecule has 2 aromatic carbocycles. The van der Waals surface area contributed by atoms with Crippen molar-refractivity contribution in [1.29, 1.82) is 0 Å². The standard InChI is InChI=1S/C15H11BrF2O2/c1-9(20-12-5-2-10(16)3-6-12)15(19)13-7-4-11(17)8-14(13)18/h2-9H,1H3. The van der Waals surface area contributed by atoms with Crippen molar-refractivity contribution >= 4 is 21.7 Å². The summed E-state index contributed by atoms with van der Waals surface area (Å²) in [5, 5.41) is 0. The third-order valence-electron chi connectivity index (χ3n) is 2.69. The Balaban J connectivity index is 2.14. The molecule has 0 N–H and O–H groups in total. The van der Waals surface area contributed by atoms with Crippen LogP contribution in [0.4, 0.5) is 8.78 Å². The lowest BCUT2D eigenvalue weighted by molar-refractivity contribution is 0.0813. The van der Waals surface area contributed by atoms with Crippen LogP contribution in [0.5, 0.6) is 5.75 Å². The predicted octanol–water partition coefficient (Wildman–Crippen LogP) is 4.38. The summed E-state index contributed by atoms with van der Waals surface area (Å²) in [5.41, 5.74) is -0.184. The van der Waals surface area contributed by atoms with Crippen molar-refractivity contribution in [2.45, 2.75) is 13.0 Å². The third kappa shape index (κ3) is 3.42. The maximum absolute atomic E-state index is 13.5. The Morgan fingerprint density at radius 3 is 2.40 bits per heavy atom. The van der Waals surface area contributed by atoms with Crippen molar-refractivity contribution in [2.24, 2.45) is 0 Å². The summed E-state index contributed by atoms with van der Waals surface area (Å²) in [6.07, 6.45) is -0.865. The summed E-state index contributed by atoms with van der Waals surface area (Å²) in [4.78, 5) is 12.1. The minimum absolute atomic E-state index is 0.184. The van der Waals surface area contributed by atoms with E-state index in [4.69, 9.17) is 4.74 Å². The lowest BCUT2D eigenvalue weighted by atomic mass is 10.1. The van der Waals surface area contributed by atoms with Gasteiger partial charge >= 0.3 is 0 Å². The van der Waals surface area contributed by atoms with Gasteiger partial charge < -0.3 is 4.74 Å². The summed E-state index contributed by atoms with van der Waals surface area (Å²) in [7, 11) is 0. The van der Waals surface area contributed by atoms with Crippen LogP contribution >= 0.6 is 15.9 Å². The molecule has 0 aliphatic heterocycles. The molecule has 0 aromatic heterocycles. The van der Waals surface area contributed by atoms with E-state index in [1.807, 2.05) is 0 Å². The molecule has 0 aliphatic rings. The molecule has 0 heterocycles. The minimum Gasteiger partial charge on any atom is -0.483 e. The van der Waals surface area contributed by atoms with Crippen LogP contribution in [0.3, 0.4) is 0 Å². The van der Waals surface area contributed by atoms with Crippen molar-refractivity contribution in [3.8, 4) is 5.75 Å². The lowest BCUT2D eigenvalue weighted by Gasteiger charge is -2.14. The summed E-state index contributed by atoms with van der Waals surface area (Å²) in [6.45, 7) is 1.52. The van der Waals surface area contributed by atoms with Gasteiger partial charge in [0.1, 0.15) is 17.4 Å². The molecule has 1 unspecified atom stereocenters. The van der Waals surface area contributed by atoms with E-state index < -0.39 is 23.5 Å². The van der Waals surface area contributed by atoms with Crippen LogP contribution in [0.15, 0.2) is 46.9 Å². The van der Waals surface area contributed by atoms with E-state index in [0.717, 1.165) is 16.6 Å². The van der Waals surface area contributed by atoms with Gasteiger partial charge in [0.15, 0.2) is 6.10 Å². The minimum atomic E-state index is -0.888. The van der Waals surface area contributed by atoms with Gasteiger partial charge in [0, 0.05) is 10.5 Å². The molecule has 0 saturated carbocycles. The first-order chi connectivity index (χ1) is 9.47. The molecule has 20 heavy (non-hydrogen) atoms. The van der Waals surface area contributed by atoms with Gasteiger partial charge in [-0.1, -0.05) is 15.9 Å². The first-order valence-corrected chi connectivity index (χ1v) is 6.68. The maximum Gasteiger partial charge on any atom is 0.205 e. The molecule has 1 atom stereocenters. The Bertz CT molecular complexity index is 626. The SMILES string of the molecule is CC(Oc1ccc(Br)cc1)C(=O)c1ccc(F)cc1F. The number of hydrogen-bond donors (Lipinski definition) is 0. The highest BCUT2D eigenvalue weighted by atomic mass is 79.9. The zero-order valence-corrected chi connectivity index (χ0v) is 12.2. The second-order valence-electron chi connectivity index (χ2n) is 4.20. The monoisotopic (exact) mass is 340 g/mol. The molecule has 0 aliphatic carbocycles. The number of ketones is 1. The first-order valence-electron chi connectivity index (χ1n) is 5.89. The average Bonchev–Trinajstić information content (AvgIpc) is 2.40. The molecule has 0 radical (unpaired) electrons. The fourth-order valence-corrected chi connectivity index (χ4v) is 1.94. The molecule has 0 spiro atoms. The van der Waals surface area contributed by atoms with E-state index in [1.54, 1.807) is 24.3 Å². The Labute approximate surface area is 123 Å². The van der Waals surface area contributed by atoms with Crippen molar-refractivity contribution in [3.05, 3.63) is 64.1 Å². The molecule has 104 valence electrons. The second-order valence-corrected chi connectivity index (χ2v) is 5.12. The summed E-state index contributed by atoms with van der Waals surface area (Å²) in [6, 6.07) is 9.76. The van der Waals surface area contributed by atoms with Crippen LogP contribution < -0.4 is 4.74 Å². The smallest absolute Gasteiger partial charge is 0.205 e. The van der Waals surface area contributed by atoms with Gasteiger partial charge in [-0.3, -0.25) is 4.79 Å². The largest absolute Gasteiger partial charge is 0.483 e. The zero-order valence-electron chi connectivity index (χ0n) is 10.6. The van der Waals surface area contributed by atoms with Gasteiger partial charge in [-0.15, -0.1) is 0 Å². The summed E-state index contributed by atoms with van der Waals surface area (Å²) >= 11 is 3.29. The number of benzene rings is 2. The van der Waals surface area contributed by atoms with E-state index in [9.17, 15) is 13.6 Å². The number of halogens is 3. The van der Waals surface area contributed by atoms with Gasteiger partial charge in [-0.2, -0.15) is 0 Å². The maximum atomic E-state index is 13.5. The number of carbonyl (C=O) groups is 1. The number of carbonyl (C=O) groups excluding carboxylic acids is 1. The van der Waals surface area contributed by atoms with Crippen LogP contribution in [0, 0.1) is 11.6 Å². The van der Waals surface area contributed by atoms with E-state index in [2.05, 4.69) is 15.9 Å². The van der Waals surface area contributed by atoms with Crippen LogP contribution in [0.1, 0.15) is 17.3 Å². The molecule has 2 rings (SSSR count). The fraction of sp³-hybridized carbons (Fsp3) is 0.133. The summed E-state index contributed by atoms with van der Waals surface area (Å²) < 4.78 is 32.7. The highest BCUT2D eigenvalue weighted by molar-refractivity contribution is 9.10. The first kappa shape index (κ1) is 14.7. The van der Waals surface area contributed by atoms with Gasteiger partial charge in [-0.25, -0.2) is 8.78 Å². The number of hydrogen-bond acceptors (Lipinski definition) is 2. The lowest BCUT2D eigenvalue weighted by Crippen LogP contribution is -2.24. The van der Waals surface area contributed by atoms with Gasteiger partial charge in [-0.05, 0) is 43.3 Å². The van der Waals surface area contributed by atoms with Crippen molar-refractivity contribution in [3.63, 3.8) is 0 Å². The Morgan fingerprint density at radius 1 is 1.15 bits per heavy atom. The number of Topliss-reactive ketones (excluding diaryl/α,β-unsaturated/α-hetero) is 1. The summed E-state index contributed by atoms with van der Waals surface area (Å²) in [5.74, 6) is -1.65. The molecule has 0 fully saturated rings.